The molecule has 6 heteroatoms. The van der Waals surface area contributed by atoms with Crippen LogP contribution in [0.3, 0.4) is 0 Å². The van der Waals surface area contributed by atoms with Crippen LogP contribution in [0.5, 0.6) is 5.88 Å². The summed E-state index contributed by atoms with van der Waals surface area (Å²) in [7, 11) is 1.55. The maximum atomic E-state index is 13.0. The van der Waals surface area contributed by atoms with Crippen molar-refractivity contribution in [3.05, 3.63) is 46.3 Å². The zero-order chi connectivity index (χ0) is 13.7. The fourth-order valence-electron chi connectivity index (χ4n) is 1.59. The minimum Gasteiger partial charge on any atom is -0.480 e. The molecule has 4 nitrogen and oxygen atoms in total. The molecule has 0 fully saturated rings. The van der Waals surface area contributed by atoms with Gasteiger partial charge in [0.15, 0.2) is 0 Å². The number of halogens is 2. The summed E-state index contributed by atoms with van der Waals surface area (Å²) in [5, 5.41) is 3.07. The highest BCUT2D eigenvalue weighted by Gasteiger charge is 2.04. The Labute approximate surface area is 119 Å². The van der Waals surface area contributed by atoms with Crippen LogP contribution in [0.4, 0.5) is 10.3 Å². The van der Waals surface area contributed by atoms with E-state index >= 15 is 0 Å². The molecule has 0 bridgehead atoms. The predicted octanol–water partition coefficient (Wildman–Crippen LogP) is 3.04. The minimum absolute atomic E-state index is 0.223. The van der Waals surface area contributed by atoms with Crippen LogP contribution < -0.4 is 10.1 Å². The number of aromatic nitrogens is 2. The van der Waals surface area contributed by atoms with Crippen LogP contribution in [-0.2, 0) is 6.42 Å². The summed E-state index contributed by atoms with van der Waals surface area (Å²) in [6.07, 6.45) is 2.32. The second kappa shape index (κ2) is 6.47. The van der Waals surface area contributed by atoms with Crippen molar-refractivity contribution in [2.24, 2.45) is 0 Å². The van der Waals surface area contributed by atoms with Crippen LogP contribution in [0.25, 0.3) is 0 Å². The number of nitrogens with zero attached hydrogens (tertiary/aromatic N) is 2. The van der Waals surface area contributed by atoms with Crippen LogP contribution in [0.2, 0.25) is 0 Å². The monoisotopic (exact) mass is 325 g/mol. The van der Waals surface area contributed by atoms with Crippen LogP contribution in [0, 0.1) is 5.82 Å². The summed E-state index contributed by atoms with van der Waals surface area (Å²) in [6, 6.07) is 6.53. The molecule has 100 valence electrons. The summed E-state index contributed by atoms with van der Waals surface area (Å²) in [5.41, 5.74) is 0.927. The maximum absolute atomic E-state index is 13.0. The zero-order valence-corrected chi connectivity index (χ0v) is 11.9. The number of methoxy groups -OCH3 is 1. The van der Waals surface area contributed by atoms with Gasteiger partial charge >= 0.3 is 0 Å². The van der Waals surface area contributed by atoms with Crippen molar-refractivity contribution in [2.45, 2.75) is 6.42 Å². The number of rotatable bonds is 5. The van der Waals surface area contributed by atoms with Gasteiger partial charge in [-0.1, -0.05) is 12.1 Å². The molecule has 1 N–H and O–H groups in total. The van der Waals surface area contributed by atoms with Gasteiger partial charge in [-0.3, -0.25) is 0 Å². The van der Waals surface area contributed by atoms with Gasteiger partial charge in [-0.2, -0.15) is 4.98 Å². The molecule has 1 heterocycles. The molecule has 19 heavy (non-hydrogen) atoms. The van der Waals surface area contributed by atoms with E-state index in [0.717, 1.165) is 5.56 Å². The second-order valence-corrected chi connectivity index (χ2v) is 4.71. The van der Waals surface area contributed by atoms with Crippen LogP contribution in [0.1, 0.15) is 5.56 Å². The van der Waals surface area contributed by atoms with E-state index in [1.165, 1.54) is 12.1 Å². The zero-order valence-electron chi connectivity index (χ0n) is 10.4. The van der Waals surface area contributed by atoms with E-state index in [-0.39, 0.29) is 5.82 Å². The fourth-order valence-corrected chi connectivity index (χ4v) is 1.94. The SMILES string of the molecule is COc1nc(NCCc2cccc(F)c2)ncc1Br. The second-order valence-electron chi connectivity index (χ2n) is 3.86. The number of anilines is 1. The first-order chi connectivity index (χ1) is 9.19. The van der Waals surface area contributed by atoms with Crippen molar-refractivity contribution < 1.29 is 9.13 Å². The molecule has 0 radical (unpaired) electrons. The van der Waals surface area contributed by atoms with Crippen molar-refractivity contribution >= 4 is 21.9 Å². The molecule has 2 rings (SSSR count). The third-order valence-corrected chi connectivity index (χ3v) is 3.04. The summed E-state index contributed by atoms with van der Waals surface area (Å²) < 4.78 is 18.8. The lowest BCUT2D eigenvalue weighted by atomic mass is 10.1. The maximum Gasteiger partial charge on any atom is 0.232 e. The van der Waals surface area contributed by atoms with E-state index < -0.39 is 0 Å². The van der Waals surface area contributed by atoms with E-state index in [0.29, 0.717) is 29.3 Å². The average molecular weight is 326 g/mol. The van der Waals surface area contributed by atoms with Crippen molar-refractivity contribution in [3.63, 3.8) is 0 Å². The highest BCUT2D eigenvalue weighted by Crippen LogP contribution is 2.21. The van der Waals surface area contributed by atoms with Gasteiger partial charge in [-0.05, 0) is 40.0 Å². The normalized spacial score (nSPS) is 10.3. The highest BCUT2D eigenvalue weighted by atomic mass is 79.9. The molecule has 0 aliphatic carbocycles. The van der Waals surface area contributed by atoms with Crippen LogP contribution in [-0.4, -0.2) is 23.6 Å². The first-order valence-electron chi connectivity index (χ1n) is 5.74. The number of benzene rings is 1. The predicted molar refractivity (Wildman–Crippen MR) is 74.9 cm³/mol. The third kappa shape index (κ3) is 3.89. The van der Waals surface area contributed by atoms with E-state index in [1.54, 1.807) is 19.4 Å². The molecule has 0 aliphatic rings. The lowest BCUT2D eigenvalue weighted by molar-refractivity contribution is 0.394. The van der Waals surface area contributed by atoms with Crippen LogP contribution in [0.15, 0.2) is 34.9 Å². The number of hydrogen-bond acceptors (Lipinski definition) is 4. The first-order valence-corrected chi connectivity index (χ1v) is 6.53. The lowest BCUT2D eigenvalue weighted by Crippen LogP contribution is -2.08. The Morgan fingerprint density at radius 2 is 2.26 bits per heavy atom. The molecule has 1 aromatic carbocycles. The number of ether oxygens (including phenoxy) is 1. The van der Waals surface area contributed by atoms with Crippen molar-refractivity contribution in [3.8, 4) is 5.88 Å². The lowest BCUT2D eigenvalue weighted by Gasteiger charge is -2.07. The Kier molecular flexibility index (Phi) is 4.68. The Morgan fingerprint density at radius 3 is 3.00 bits per heavy atom. The fraction of sp³-hybridized carbons (Fsp3) is 0.231. The van der Waals surface area contributed by atoms with E-state index in [2.05, 4.69) is 31.2 Å². The molecule has 0 amide bonds. The molecule has 0 saturated carbocycles. The Morgan fingerprint density at radius 1 is 1.42 bits per heavy atom. The summed E-state index contributed by atoms with van der Waals surface area (Å²) in [5.74, 6) is 0.735. The van der Waals surface area contributed by atoms with Crippen LogP contribution >= 0.6 is 15.9 Å². The summed E-state index contributed by atoms with van der Waals surface area (Å²) >= 11 is 3.28. The molecule has 2 aromatic rings. The van der Waals surface area contributed by atoms with Gasteiger partial charge < -0.3 is 10.1 Å². The molecule has 0 aliphatic heterocycles. The molecule has 1 aromatic heterocycles. The van der Waals surface area contributed by atoms with Gasteiger partial charge in [0.1, 0.15) is 5.82 Å². The first kappa shape index (κ1) is 13.7. The molecule has 0 saturated heterocycles. The average Bonchev–Trinajstić information content (AvgIpc) is 2.41. The quantitative estimate of drug-likeness (QED) is 0.917. The summed E-state index contributed by atoms with van der Waals surface area (Å²) in [6.45, 7) is 0.619. The molecular formula is C13H13BrFN3O. The Hall–Kier alpha value is -1.69. The van der Waals surface area contributed by atoms with Gasteiger partial charge in [-0.25, -0.2) is 9.37 Å². The van der Waals surface area contributed by atoms with Gasteiger partial charge in [0, 0.05) is 6.54 Å². The largest absolute Gasteiger partial charge is 0.480 e. The molecule has 0 atom stereocenters. The standard InChI is InChI=1S/C13H13BrFN3O/c1-19-12-11(14)8-17-13(18-12)16-6-5-9-3-2-4-10(15)7-9/h2-4,7-8H,5-6H2,1H3,(H,16,17,18). The Balaban J connectivity index is 1.92. The van der Waals surface area contributed by atoms with Gasteiger partial charge in [0.05, 0.1) is 17.8 Å². The third-order valence-electron chi connectivity index (χ3n) is 2.49. The smallest absolute Gasteiger partial charge is 0.232 e. The number of hydrogen-bond donors (Lipinski definition) is 1. The molecular weight excluding hydrogens is 313 g/mol. The van der Waals surface area contributed by atoms with Crippen molar-refractivity contribution in [1.29, 1.82) is 0 Å². The van der Waals surface area contributed by atoms with E-state index in [9.17, 15) is 4.39 Å². The van der Waals surface area contributed by atoms with Gasteiger partial charge in [0.25, 0.3) is 0 Å². The van der Waals surface area contributed by atoms with Gasteiger partial charge in [-0.15, -0.1) is 0 Å². The minimum atomic E-state index is -0.223. The Bertz CT molecular complexity index is 565. The van der Waals surface area contributed by atoms with Crippen molar-refractivity contribution in [1.82, 2.24) is 9.97 Å². The topological polar surface area (TPSA) is 47.0 Å². The van der Waals surface area contributed by atoms with Crippen molar-refractivity contribution in [2.75, 3.05) is 19.0 Å². The molecule has 0 spiro atoms. The highest BCUT2D eigenvalue weighted by molar-refractivity contribution is 9.10. The number of nitrogens with one attached hydrogen (secondary N) is 1. The van der Waals surface area contributed by atoms with Gasteiger partial charge in [0.2, 0.25) is 11.8 Å². The van der Waals surface area contributed by atoms with E-state index in [4.69, 9.17) is 4.74 Å². The van der Waals surface area contributed by atoms with E-state index in [1.807, 2.05) is 6.07 Å². The summed E-state index contributed by atoms with van der Waals surface area (Å²) in [4.78, 5) is 8.29. The molecule has 0 unspecified atom stereocenters.